The Labute approximate surface area is 174 Å². The van der Waals surface area contributed by atoms with Crippen LogP contribution in [0.1, 0.15) is 41.7 Å². The van der Waals surface area contributed by atoms with Crippen LogP contribution in [-0.2, 0) is 5.54 Å². The van der Waals surface area contributed by atoms with E-state index in [2.05, 4.69) is 15.3 Å². The maximum absolute atomic E-state index is 14.9. The Morgan fingerprint density at radius 1 is 1.17 bits per heavy atom. The Hall–Kier alpha value is -2.62. The van der Waals surface area contributed by atoms with Crippen LogP contribution in [0.25, 0.3) is 0 Å². The van der Waals surface area contributed by atoms with Crippen LogP contribution in [0.4, 0.5) is 23.2 Å². The van der Waals surface area contributed by atoms with Gasteiger partial charge in [0.05, 0.1) is 11.7 Å². The molecule has 2 aliphatic rings. The molecule has 1 aromatic heterocycles. The summed E-state index contributed by atoms with van der Waals surface area (Å²) in [4.78, 5) is 20.3. The maximum Gasteiger partial charge on any atom is 0.277 e. The molecule has 1 saturated carbocycles. The Bertz CT molecular complexity index is 1050. The molecule has 1 aromatic carbocycles. The number of benzene rings is 1. The van der Waals surface area contributed by atoms with E-state index in [4.69, 9.17) is 5.73 Å². The molecular formula is C20H18F4N4OS. The first-order chi connectivity index (χ1) is 14.3. The van der Waals surface area contributed by atoms with Crippen LogP contribution in [0.5, 0.6) is 0 Å². The van der Waals surface area contributed by atoms with Crippen LogP contribution >= 0.6 is 11.8 Å². The quantitative estimate of drug-likeness (QED) is 0.699. The predicted octanol–water partition coefficient (Wildman–Crippen LogP) is 4.34. The number of amidine groups is 1. The number of rotatable bonds is 3. The normalized spacial score (nSPS) is 23.5. The number of aliphatic imine (C=N–C) groups is 1. The fourth-order valence-electron chi connectivity index (χ4n) is 4.17. The van der Waals surface area contributed by atoms with E-state index in [1.807, 2.05) is 0 Å². The molecule has 3 N–H and O–H groups in total. The highest BCUT2D eigenvalue weighted by Gasteiger charge is 2.46. The van der Waals surface area contributed by atoms with Crippen molar-refractivity contribution >= 4 is 28.5 Å². The first-order valence-corrected chi connectivity index (χ1v) is 10.4. The topological polar surface area (TPSA) is 80.4 Å². The van der Waals surface area contributed by atoms with E-state index < -0.39 is 40.4 Å². The third-order valence-corrected chi connectivity index (χ3v) is 6.51. The van der Waals surface area contributed by atoms with Gasteiger partial charge >= 0.3 is 0 Å². The Kier molecular flexibility index (Phi) is 5.44. The molecule has 5 nitrogen and oxygen atoms in total. The largest absolute Gasteiger partial charge is 0.379 e. The van der Waals surface area contributed by atoms with Crippen molar-refractivity contribution in [2.75, 3.05) is 11.1 Å². The molecule has 0 unspecified atom stereocenters. The Morgan fingerprint density at radius 2 is 1.97 bits per heavy atom. The molecule has 30 heavy (non-hydrogen) atoms. The maximum atomic E-state index is 14.9. The average Bonchev–Trinajstić information content (AvgIpc) is 2.70. The molecule has 0 bridgehead atoms. The Morgan fingerprint density at radius 3 is 2.73 bits per heavy atom. The zero-order chi connectivity index (χ0) is 21.5. The van der Waals surface area contributed by atoms with Crippen molar-refractivity contribution < 1.29 is 22.4 Å². The number of nitrogens with two attached hydrogens (primary N) is 1. The molecule has 2 aromatic rings. The number of carbonyl (C=O) groups is 1. The minimum absolute atomic E-state index is 0.0123. The lowest BCUT2D eigenvalue weighted by Gasteiger charge is -2.44. The summed E-state index contributed by atoms with van der Waals surface area (Å²) in [6.45, 7) is 0. The highest BCUT2D eigenvalue weighted by Crippen LogP contribution is 2.50. The molecule has 4 rings (SSSR count). The molecule has 1 fully saturated rings. The number of nitrogens with one attached hydrogen (secondary N) is 1. The van der Waals surface area contributed by atoms with E-state index in [1.54, 1.807) is 0 Å². The number of carbonyl (C=O) groups excluding carboxylic acids is 1. The van der Waals surface area contributed by atoms with Crippen molar-refractivity contribution in [3.05, 3.63) is 58.9 Å². The zero-order valence-corrected chi connectivity index (χ0v) is 16.5. The van der Waals surface area contributed by atoms with Gasteiger partial charge in [0.1, 0.15) is 5.82 Å². The molecule has 1 aliphatic heterocycles. The summed E-state index contributed by atoms with van der Waals surface area (Å²) in [6, 6.07) is 2.63. The predicted molar refractivity (Wildman–Crippen MR) is 106 cm³/mol. The van der Waals surface area contributed by atoms with Gasteiger partial charge in [0.25, 0.3) is 5.91 Å². The first-order valence-electron chi connectivity index (χ1n) is 9.40. The van der Waals surface area contributed by atoms with E-state index >= 15 is 0 Å². The number of nitrogens with zero attached hydrogens (tertiary/aromatic N) is 2. The second kappa shape index (κ2) is 7.90. The van der Waals surface area contributed by atoms with Crippen molar-refractivity contribution in [3.8, 4) is 0 Å². The second-order valence-electron chi connectivity index (χ2n) is 7.39. The average molecular weight is 438 g/mol. The number of pyridine rings is 1. The molecule has 0 radical (unpaired) electrons. The molecule has 158 valence electrons. The van der Waals surface area contributed by atoms with Gasteiger partial charge in [-0.1, -0.05) is 24.6 Å². The monoisotopic (exact) mass is 438 g/mol. The zero-order valence-electron chi connectivity index (χ0n) is 15.7. The van der Waals surface area contributed by atoms with Gasteiger partial charge in [-0.3, -0.25) is 9.79 Å². The summed E-state index contributed by atoms with van der Waals surface area (Å²) in [7, 11) is 0. The van der Waals surface area contributed by atoms with Crippen molar-refractivity contribution in [2.24, 2.45) is 16.6 Å². The van der Waals surface area contributed by atoms with Crippen molar-refractivity contribution in [1.82, 2.24) is 4.98 Å². The summed E-state index contributed by atoms with van der Waals surface area (Å²) < 4.78 is 56.3. The van der Waals surface area contributed by atoms with Gasteiger partial charge in [-0.2, -0.15) is 0 Å². The van der Waals surface area contributed by atoms with Crippen molar-refractivity contribution in [3.63, 3.8) is 0 Å². The molecule has 0 spiro atoms. The standard InChI is InChI=1S/C20H18F4N4OS/c21-11-5-15(23)17(26-8-11)18(29)27-12-6-13(16(24)14(22)7-12)20-4-2-1-3-10(20)9-30-19(25)28-20/h5-8,10H,1-4,9H2,(H2,25,28)(H,27,29)/t10-,20-/m0/s1. The third-order valence-electron chi connectivity index (χ3n) is 5.55. The number of anilines is 1. The Balaban J connectivity index is 1.74. The van der Waals surface area contributed by atoms with E-state index in [-0.39, 0.29) is 17.2 Å². The molecule has 1 aliphatic carbocycles. The number of hydrogen-bond acceptors (Lipinski definition) is 5. The van der Waals surface area contributed by atoms with E-state index in [1.165, 1.54) is 17.8 Å². The highest BCUT2D eigenvalue weighted by atomic mass is 32.2. The van der Waals surface area contributed by atoms with Crippen molar-refractivity contribution in [1.29, 1.82) is 0 Å². The van der Waals surface area contributed by atoms with Gasteiger partial charge in [-0.15, -0.1) is 0 Å². The van der Waals surface area contributed by atoms with E-state index in [0.717, 1.165) is 25.3 Å². The van der Waals surface area contributed by atoms with Gasteiger partial charge in [-0.05, 0) is 24.8 Å². The number of hydrogen-bond donors (Lipinski definition) is 2. The molecule has 0 saturated heterocycles. The van der Waals surface area contributed by atoms with Crippen molar-refractivity contribution in [2.45, 2.75) is 31.2 Å². The van der Waals surface area contributed by atoms with Gasteiger partial charge < -0.3 is 11.1 Å². The SMILES string of the molecule is NC1=N[C@@]2(c3cc(NC(=O)c4ncc(F)cc4F)cc(F)c3F)CCCC[C@H]2CS1. The van der Waals surface area contributed by atoms with Crippen LogP contribution < -0.4 is 11.1 Å². The first kappa shape index (κ1) is 20.6. The highest BCUT2D eigenvalue weighted by molar-refractivity contribution is 8.13. The van der Waals surface area contributed by atoms with Crippen LogP contribution in [0, 0.1) is 29.2 Å². The molecular weight excluding hydrogens is 420 g/mol. The number of halogens is 4. The van der Waals surface area contributed by atoms with Gasteiger partial charge in [0.2, 0.25) is 0 Å². The minimum Gasteiger partial charge on any atom is -0.379 e. The van der Waals surface area contributed by atoms with Crippen LogP contribution in [0.3, 0.4) is 0 Å². The third kappa shape index (κ3) is 3.64. The molecule has 10 heteroatoms. The van der Waals surface area contributed by atoms with Gasteiger partial charge in [0.15, 0.2) is 28.3 Å². The van der Waals surface area contributed by atoms with Crippen LogP contribution in [-0.4, -0.2) is 21.8 Å². The van der Waals surface area contributed by atoms with Crippen LogP contribution in [0.15, 0.2) is 29.4 Å². The smallest absolute Gasteiger partial charge is 0.277 e. The van der Waals surface area contributed by atoms with Gasteiger partial charge in [-0.25, -0.2) is 22.5 Å². The summed E-state index contributed by atoms with van der Waals surface area (Å²) in [5.74, 6) is -4.72. The number of thioether (sulfide) groups is 1. The summed E-state index contributed by atoms with van der Waals surface area (Å²) in [5, 5.41) is 2.62. The molecule has 2 atom stereocenters. The van der Waals surface area contributed by atoms with E-state index in [9.17, 15) is 22.4 Å². The summed E-state index contributed by atoms with van der Waals surface area (Å²) in [6.07, 6.45) is 3.73. The number of amides is 1. The fourth-order valence-corrected chi connectivity index (χ4v) is 5.22. The van der Waals surface area contributed by atoms with Gasteiger partial charge in [0, 0.05) is 29.1 Å². The lowest BCUT2D eigenvalue weighted by atomic mass is 9.69. The summed E-state index contributed by atoms with van der Waals surface area (Å²) >= 11 is 1.38. The van der Waals surface area contributed by atoms with Crippen LogP contribution in [0.2, 0.25) is 0 Å². The number of aromatic nitrogens is 1. The molecule has 1 amide bonds. The lowest BCUT2D eigenvalue weighted by molar-refractivity contribution is 0.101. The molecule has 2 heterocycles. The summed E-state index contributed by atoms with van der Waals surface area (Å²) in [5.41, 5.74) is 4.18. The second-order valence-corrected chi connectivity index (χ2v) is 8.43. The fraction of sp³-hybridized carbons (Fsp3) is 0.350. The lowest BCUT2D eigenvalue weighted by Crippen LogP contribution is -2.43. The number of fused-ring (bicyclic) bond motifs is 1. The minimum atomic E-state index is -1.17. The van der Waals surface area contributed by atoms with E-state index in [0.29, 0.717) is 29.6 Å².